The van der Waals surface area contributed by atoms with E-state index in [1.165, 1.54) is 7.11 Å². The third kappa shape index (κ3) is 4.61. The molecule has 2 aromatic carbocycles. The fourth-order valence-electron chi connectivity index (χ4n) is 2.85. The van der Waals surface area contributed by atoms with Gasteiger partial charge in [0.2, 0.25) is 0 Å². The number of amides is 2. The van der Waals surface area contributed by atoms with E-state index in [0.29, 0.717) is 33.2 Å². The van der Waals surface area contributed by atoms with Gasteiger partial charge in [0.15, 0.2) is 11.5 Å². The van der Waals surface area contributed by atoms with Gasteiger partial charge in [-0.15, -0.1) is 6.58 Å². The SMILES string of the molecule is C=CCc1cc(/C=C2\SC(=O)N(Cc3ccc(Cl)c(Cl)c3)C2=O)cc(OC)c1O. The molecule has 3 rings (SSSR count). The Labute approximate surface area is 182 Å². The number of aromatic hydroxyl groups is 1. The zero-order valence-corrected chi connectivity index (χ0v) is 17.8. The number of nitrogens with zero attached hydrogens (tertiary/aromatic N) is 1. The molecular formula is C21H17Cl2NO4S. The molecule has 0 bridgehead atoms. The molecule has 0 saturated carbocycles. The van der Waals surface area contributed by atoms with Gasteiger partial charge in [-0.2, -0.15) is 0 Å². The predicted molar refractivity (Wildman–Crippen MR) is 117 cm³/mol. The van der Waals surface area contributed by atoms with Crippen LogP contribution in [0.5, 0.6) is 11.5 Å². The van der Waals surface area contributed by atoms with Crippen LogP contribution < -0.4 is 4.74 Å². The topological polar surface area (TPSA) is 66.8 Å². The number of halogens is 2. The second kappa shape index (κ2) is 8.95. The summed E-state index contributed by atoms with van der Waals surface area (Å²) in [5.41, 5.74) is 1.94. The molecule has 29 heavy (non-hydrogen) atoms. The standard InChI is InChI=1S/C21H17Cl2NO4S/c1-3-4-14-7-13(9-17(28-2)19(14)25)10-18-20(26)24(21(27)29-18)11-12-5-6-15(22)16(23)8-12/h3,5-10,25H,1,4,11H2,2H3/b18-10-. The van der Waals surface area contributed by atoms with Crippen LogP contribution in [0.15, 0.2) is 47.9 Å². The highest BCUT2D eigenvalue weighted by Crippen LogP contribution is 2.37. The van der Waals surface area contributed by atoms with Gasteiger partial charge in [-0.1, -0.05) is 35.3 Å². The number of phenols is 1. The summed E-state index contributed by atoms with van der Waals surface area (Å²) in [7, 11) is 1.45. The first-order valence-corrected chi connectivity index (χ1v) is 10.1. The summed E-state index contributed by atoms with van der Waals surface area (Å²) >= 11 is 12.8. The van der Waals surface area contributed by atoms with Crippen LogP contribution in [0.1, 0.15) is 16.7 Å². The first-order chi connectivity index (χ1) is 13.8. The van der Waals surface area contributed by atoms with E-state index in [1.54, 1.807) is 42.5 Å². The fraction of sp³-hybridized carbons (Fsp3) is 0.143. The van der Waals surface area contributed by atoms with E-state index >= 15 is 0 Å². The van der Waals surface area contributed by atoms with Gasteiger partial charge >= 0.3 is 0 Å². The molecule has 8 heteroatoms. The molecule has 150 valence electrons. The van der Waals surface area contributed by atoms with Crippen LogP contribution in [0, 0.1) is 0 Å². The van der Waals surface area contributed by atoms with Gasteiger partial charge in [0.1, 0.15) is 0 Å². The monoisotopic (exact) mass is 449 g/mol. The number of methoxy groups -OCH3 is 1. The molecule has 1 heterocycles. The van der Waals surface area contributed by atoms with Crippen LogP contribution in [0.4, 0.5) is 4.79 Å². The van der Waals surface area contributed by atoms with E-state index in [9.17, 15) is 14.7 Å². The van der Waals surface area contributed by atoms with Crippen molar-refractivity contribution in [2.75, 3.05) is 7.11 Å². The normalized spacial score (nSPS) is 15.3. The second-order valence-electron chi connectivity index (χ2n) is 6.24. The lowest BCUT2D eigenvalue weighted by atomic mass is 10.1. The van der Waals surface area contributed by atoms with Crippen molar-refractivity contribution in [3.63, 3.8) is 0 Å². The van der Waals surface area contributed by atoms with Crippen LogP contribution in [0.25, 0.3) is 6.08 Å². The lowest BCUT2D eigenvalue weighted by molar-refractivity contribution is -0.123. The van der Waals surface area contributed by atoms with Gasteiger partial charge in [0, 0.05) is 5.56 Å². The number of allylic oxidation sites excluding steroid dienone is 1. The third-order valence-electron chi connectivity index (χ3n) is 4.26. The van der Waals surface area contributed by atoms with Gasteiger partial charge in [-0.05, 0) is 59.7 Å². The molecule has 1 aliphatic rings. The van der Waals surface area contributed by atoms with E-state index in [1.807, 2.05) is 0 Å². The Hall–Kier alpha value is -2.41. The number of hydrogen-bond acceptors (Lipinski definition) is 5. The highest BCUT2D eigenvalue weighted by Gasteiger charge is 2.35. The summed E-state index contributed by atoms with van der Waals surface area (Å²) in [5, 5.41) is 10.6. The van der Waals surface area contributed by atoms with Gasteiger partial charge in [0.25, 0.3) is 11.1 Å². The lowest BCUT2D eigenvalue weighted by Crippen LogP contribution is -2.27. The number of carbonyl (C=O) groups excluding carboxylic acids is 2. The molecule has 1 aliphatic heterocycles. The van der Waals surface area contributed by atoms with Crippen LogP contribution in [0.2, 0.25) is 10.0 Å². The smallest absolute Gasteiger partial charge is 0.293 e. The predicted octanol–water partition coefficient (Wildman–Crippen LogP) is 5.67. The molecule has 1 N–H and O–H groups in total. The fourth-order valence-corrected chi connectivity index (χ4v) is 4.01. The van der Waals surface area contributed by atoms with Crippen LogP contribution in [-0.2, 0) is 17.8 Å². The summed E-state index contributed by atoms with van der Waals surface area (Å²) in [5.74, 6) is -0.0914. The van der Waals surface area contributed by atoms with Crippen molar-refractivity contribution in [1.82, 2.24) is 4.90 Å². The number of thioether (sulfide) groups is 1. The summed E-state index contributed by atoms with van der Waals surface area (Å²) in [4.78, 5) is 26.6. The van der Waals surface area contributed by atoms with Gasteiger partial charge in [-0.3, -0.25) is 14.5 Å². The molecule has 2 aromatic rings. The minimum absolute atomic E-state index is 0.0253. The molecule has 1 saturated heterocycles. The summed E-state index contributed by atoms with van der Waals surface area (Å²) in [6.45, 7) is 3.77. The highest BCUT2D eigenvalue weighted by atomic mass is 35.5. The summed E-state index contributed by atoms with van der Waals surface area (Å²) in [6.07, 6.45) is 3.69. The van der Waals surface area contributed by atoms with Crippen molar-refractivity contribution in [1.29, 1.82) is 0 Å². The molecule has 0 aromatic heterocycles. The lowest BCUT2D eigenvalue weighted by Gasteiger charge is -2.13. The number of ether oxygens (including phenoxy) is 1. The van der Waals surface area contributed by atoms with Crippen LogP contribution in [-0.4, -0.2) is 28.3 Å². The zero-order chi connectivity index (χ0) is 21.1. The van der Waals surface area contributed by atoms with Gasteiger partial charge in [-0.25, -0.2) is 0 Å². The molecule has 0 unspecified atom stereocenters. The molecule has 2 amide bonds. The maximum Gasteiger partial charge on any atom is 0.293 e. The van der Waals surface area contributed by atoms with Crippen molar-refractivity contribution in [2.45, 2.75) is 13.0 Å². The maximum absolute atomic E-state index is 12.8. The van der Waals surface area contributed by atoms with Crippen LogP contribution >= 0.6 is 35.0 Å². The Morgan fingerprint density at radius 2 is 1.97 bits per heavy atom. The van der Waals surface area contributed by atoms with E-state index < -0.39 is 5.91 Å². The zero-order valence-electron chi connectivity index (χ0n) is 15.4. The second-order valence-corrected chi connectivity index (χ2v) is 8.05. The van der Waals surface area contributed by atoms with Gasteiger partial charge < -0.3 is 9.84 Å². The van der Waals surface area contributed by atoms with Crippen molar-refractivity contribution in [3.05, 3.63) is 74.6 Å². The molecular weight excluding hydrogens is 433 g/mol. The van der Waals surface area contributed by atoms with E-state index in [2.05, 4.69) is 6.58 Å². The summed E-state index contributed by atoms with van der Waals surface area (Å²) in [6, 6.07) is 8.30. The maximum atomic E-state index is 12.8. The summed E-state index contributed by atoms with van der Waals surface area (Å²) < 4.78 is 5.20. The number of hydrogen-bond donors (Lipinski definition) is 1. The van der Waals surface area contributed by atoms with Gasteiger partial charge in [0.05, 0.1) is 28.6 Å². The molecule has 1 fully saturated rings. The van der Waals surface area contributed by atoms with Crippen molar-refractivity contribution >= 4 is 52.2 Å². The third-order valence-corrected chi connectivity index (χ3v) is 5.90. The van der Waals surface area contributed by atoms with E-state index in [-0.39, 0.29) is 28.2 Å². The van der Waals surface area contributed by atoms with Crippen molar-refractivity contribution in [3.8, 4) is 11.5 Å². The Bertz CT molecular complexity index is 1040. The number of carbonyl (C=O) groups is 2. The first kappa shape index (κ1) is 21.3. The van der Waals surface area contributed by atoms with Crippen molar-refractivity contribution in [2.24, 2.45) is 0 Å². The number of benzene rings is 2. The number of imide groups is 1. The quantitative estimate of drug-likeness (QED) is 0.454. The molecule has 5 nitrogen and oxygen atoms in total. The van der Waals surface area contributed by atoms with Crippen LogP contribution in [0.3, 0.4) is 0 Å². The molecule has 0 atom stereocenters. The van der Waals surface area contributed by atoms with E-state index in [0.717, 1.165) is 16.7 Å². The molecule has 0 spiro atoms. The Kier molecular flexibility index (Phi) is 6.57. The Morgan fingerprint density at radius 3 is 2.62 bits per heavy atom. The minimum atomic E-state index is -0.400. The first-order valence-electron chi connectivity index (χ1n) is 8.54. The minimum Gasteiger partial charge on any atom is -0.504 e. The molecule has 0 aliphatic carbocycles. The average molecular weight is 450 g/mol. The van der Waals surface area contributed by atoms with E-state index in [4.69, 9.17) is 27.9 Å². The Balaban J connectivity index is 1.88. The average Bonchev–Trinajstić information content (AvgIpc) is 2.94. The molecule has 0 radical (unpaired) electrons. The largest absolute Gasteiger partial charge is 0.504 e. The Morgan fingerprint density at radius 1 is 1.21 bits per heavy atom. The van der Waals surface area contributed by atoms with Crippen molar-refractivity contribution < 1.29 is 19.4 Å². The highest BCUT2D eigenvalue weighted by molar-refractivity contribution is 8.18. The number of rotatable bonds is 6. The number of phenolic OH excluding ortho intramolecular Hbond substituents is 1.